The molecule has 0 fully saturated rings. The largest absolute Gasteiger partial charge is 0.338 e. The zero-order valence-corrected chi connectivity index (χ0v) is 18.5. The van der Waals surface area contributed by atoms with E-state index in [1.54, 1.807) is 0 Å². The first kappa shape index (κ1) is 19.2. The molecule has 1 atom stereocenters. The minimum absolute atomic E-state index is 0.507. The highest BCUT2D eigenvalue weighted by Gasteiger charge is 2.34. The zero-order chi connectivity index (χ0) is 19.8. The van der Waals surface area contributed by atoms with Gasteiger partial charge in [-0.15, -0.1) is 0 Å². The minimum Gasteiger partial charge on any atom is -0.338 e. The highest BCUT2D eigenvalue weighted by atomic mass is 31.1. The van der Waals surface area contributed by atoms with Crippen LogP contribution in [-0.4, -0.2) is 0 Å². The van der Waals surface area contributed by atoms with Crippen LogP contribution in [0.4, 0.5) is 5.69 Å². The maximum Gasteiger partial charge on any atom is 0.0556 e. The van der Waals surface area contributed by atoms with E-state index >= 15 is 0 Å². The third-order valence-corrected chi connectivity index (χ3v) is 8.16. The molecule has 1 unspecified atom stereocenters. The van der Waals surface area contributed by atoms with E-state index in [9.17, 15) is 0 Å². The van der Waals surface area contributed by atoms with Gasteiger partial charge in [-0.05, 0) is 35.4 Å². The van der Waals surface area contributed by atoms with Gasteiger partial charge in [-0.2, -0.15) is 0 Å². The summed E-state index contributed by atoms with van der Waals surface area (Å²) in [7, 11) is -0.557. The summed E-state index contributed by atoms with van der Waals surface area (Å²) in [6, 6.07) is 25.1. The maximum absolute atomic E-state index is 2.72. The normalized spacial score (nSPS) is 16.1. The fraction of sp³-hybridized carbons (Fsp3) is 0.308. The van der Waals surface area contributed by atoms with E-state index in [0.717, 1.165) is 6.54 Å². The molecule has 0 aromatic heterocycles. The monoisotopic (exact) mass is 387 g/mol. The second-order valence-electron chi connectivity index (χ2n) is 8.43. The van der Waals surface area contributed by atoms with Crippen LogP contribution < -0.4 is 15.3 Å². The standard InChI is InChI=1S/C26H30NP/c1-18(2)23-10-8-11-24(19(3)4)26(23)27-17-21-9-6-7-12-25(21)28(27)22-15-13-20(5)14-16-22/h6-16,18-19H,17H2,1-5H3. The van der Waals surface area contributed by atoms with E-state index in [0.29, 0.717) is 11.8 Å². The van der Waals surface area contributed by atoms with Gasteiger partial charge >= 0.3 is 0 Å². The summed E-state index contributed by atoms with van der Waals surface area (Å²) < 4.78 is 2.72. The Hall–Kier alpha value is -2.11. The number of hydrogen-bond donors (Lipinski definition) is 0. The van der Waals surface area contributed by atoms with Gasteiger partial charge in [0.25, 0.3) is 0 Å². The molecule has 1 heterocycles. The average molecular weight is 388 g/mol. The Morgan fingerprint density at radius 1 is 0.750 bits per heavy atom. The van der Waals surface area contributed by atoms with Crippen molar-refractivity contribution in [1.82, 2.24) is 0 Å². The lowest BCUT2D eigenvalue weighted by atomic mass is 9.92. The van der Waals surface area contributed by atoms with Crippen LogP contribution in [0.5, 0.6) is 0 Å². The highest BCUT2D eigenvalue weighted by molar-refractivity contribution is 7.74. The van der Waals surface area contributed by atoms with Crippen molar-refractivity contribution < 1.29 is 0 Å². The van der Waals surface area contributed by atoms with Crippen molar-refractivity contribution in [3.8, 4) is 0 Å². The van der Waals surface area contributed by atoms with E-state index in [1.165, 1.54) is 38.6 Å². The molecule has 0 bridgehead atoms. The molecular formula is C26H30NP. The molecule has 1 nitrogen and oxygen atoms in total. The van der Waals surface area contributed by atoms with Crippen LogP contribution in [0.3, 0.4) is 0 Å². The number of rotatable bonds is 4. The minimum atomic E-state index is -0.557. The van der Waals surface area contributed by atoms with E-state index in [2.05, 4.69) is 106 Å². The first-order valence-electron chi connectivity index (χ1n) is 10.3. The van der Waals surface area contributed by atoms with Gasteiger partial charge in [0.1, 0.15) is 0 Å². The molecule has 0 amide bonds. The van der Waals surface area contributed by atoms with Gasteiger partial charge in [-0.1, -0.05) is 100.0 Å². The number of para-hydroxylation sites is 1. The molecule has 1 aliphatic rings. The van der Waals surface area contributed by atoms with E-state index in [-0.39, 0.29) is 0 Å². The van der Waals surface area contributed by atoms with Crippen LogP contribution in [0, 0.1) is 6.92 Å². The molecule has 28 heavy (non-hydrogen) atoms. The Balaban J connectivity index is 1.93. The van der Waals surface area contributed by atoms with Crippen molar-refractivity contribution in [3.63, 3.8) is 0 Å². The van der Waals surface area contributed by atoms with Crippen molar-refractivity contribution >= 4 is 24.4 Å². The van der Waals surface area contributed by atoms with Gasteiger partial charge in [0.05, 0.1) is 8.07 Å². The van der Waals surface area contributed by atoms with Crippen LogP contribution >= 0.6 is 8.07 Å². The fourth-order valence-corrected chi connectivity index (χ4v) is 6.78. The van der Waals surface area contributed by atoms with Gasteiger partial charge in [0.2, 0.25) is 0 Å². The fourth-order valence-electron chi connectivity index (χ4n) is 4.17. The summed E-state index contributed by atoms with van der Waals surface area (Å²) in [4.78, 5) is 0. The summed E-state index contributed by atoms with van der Waals surface area (Å²) >= 11 is 0. The number of fused-ring (bicyclic) bond motifs is 1. The number of anilines is 1. The Morgan fingerprint density at radius 3 is 1.96 bits per heavy atom. The molecule has 4 rings (SSSR count). The second kappa shape index (κ2) is 7.72. The summed E-state index contributed by atoms with van der Waals surface area (Å²) in [5, 5.41) is 2.95. The SMILES string of the molecule is Cc1ccc(P2c3ccccc3CN2c2c(C(C)C)cccc2C(C)C)cc1. The number of hydrogen-bond acceptors (Lipinski definition) is 1. The Bertz CT molecular complexity index is 946. The number of nitrogens with zero attached hydrogens (tertiary/aromatic N) is 1. The lowest BCUT2D eigenvalue weighted by Crippen LogP contribution is -2.23. The molecule has 0 radical (unpaired) electrons. The molecule has 144 valence electrons. The summed E-state index contributed by atoms with van der Waals surface area (Å²) in [5.41, 5.74) is 7.21. The van der Waals surface area contributed by atoms with Crippen LogP contribution in [-0.2, 0) is 6.54 Å². The molecule has 0 saturated carbocycles. The van der Waals surface area contributed by atoms with E-state index < -0.39 is 8.07 Å². The zero-order valence-electron chi connectivity index (χ0n) is 17.6. The predicted octanol–water partition coefficient (Wildman–Crippen LogP) is 6.61. The van der Waals surface area contributed by atoms with Crippen molar-refractivity contribution in [1.29, 1.82) is 0 Å². The van der Waals surface area contributed by atoms with Gasteiger partial charge in [0.15, 0.2) is 0 Å². The molecule has 2 heteroatoms. The summed E-state index contributed by atoms with van der Waals surface area (Å²) in [5.74, 6) is 1.01. The van der Waals surface area contributed by atoms with Gasteiger partial charge in [-0.3, -0.25) is 0 Å². The van der Waals surface area contributed by atoms with Crippen LogP contribution in [0.25, 0.3) is 0 Å². The van der Waals surface area contributed by atoms with Gasteiger partial charge in [0, 0.05) is 22.8 Å². The summed E-state index contributed by atoms with van der Waals surface area (Å²) in [6.07, 6.45) is 0. The third-order valence-electron chi connectivity index (χ3n) is 5.66. The van der Waals surface area contributed by atoms with Crippen LogP contribution in [0.1, 0.15) is 61.8 Å². The molecule has 3 aromatic carbocycles. The molecule has 3 aromatic rings. The number of aryl methyl sites for hydroxylation is 1. The first-order valence-corrected chi connectivity index (χ1v) is 11.6. The quantitative estimate of drug-likeness (QED) is 0.455. The third kappa shape index (κ3) is 3.38. The molecule has 1 aliphatic heterocycles. The second-order valence-corrected chi connectivity index (χ2v) is 10.5. The molecule has 0 N–H and O–H groups in total. The lowest BCUT2D eigenvalue weighted by molar-refractivity contribution is 0.825. The van der Waals surface area contributed by atoms with Gasteiger partial charge < -0.3 is 4.67 Å². The van der Waals surface area contributed by atoms with Crippen molar-refractivity contribution in [2.45, 2.75) is 53.0 Å². The van der Waals surface area contributed by atoms with Crippen molar-refractivity contribution in [3.05, 3.63) is 89.0 Å². The van der Waals surface area contributed by atoms with Crippen LogP contribution in [0.15, 0.2) is 66.7 Å². The lowest BCUT2D eigenvalue weighted by Gasteiger charge is -2.33. The Kier molecular flexibility index (Phi) is 5.30. The molecular weight excluding hydrogens is 357 g/mol. The average Bonchev–Trinajstić information content (AvgIpc) is 3.07. The highest BCUT2D eigenvalue weighted by Crippen LogP contribution is 2.52. The number of benzene rings is 3. The Labute approximate surface area is 171 Å². The summed E-state index contributed by atoms with van der Waals surface area (Å²) in [6.45, 7) is 12.4. The topological polar surface area (TPSA) is 3.24 Å². The van der Waals surface area contributed by atoms with Gasteiger partial charge in [-0.25, -0.2) is 0 Å². The Morgan fingerprint density at radius 2 is 1.36 bits per heavy atom. The molecule has 0 aliphatic carbocycles. The molecule has 0 spiro atoms. The smallest absolute Gasteiger partial charge is 0.0556 e. The van der Waals surface area contributed by atoms with Crippen molar-refractivity contribution in [2.75, 3.05) is 4.67 Å². The molecule has 0 saturated heterocycles. The van der Waals surface area contributed by atoms with Crippen molar-refractivity contribution in [2.24, 2.45) is 0 Å². The van der Waals surface area contributed by atoms with Crippen LogP contribution in [0.2, 0.25) is 0 Å². The first-order chi connectivity index (χ1) is 13.5. The van der Waals surface area contributed by atoms with E-state index in [4.69, 9.17) is 0 Å². The maximum atomic E-state index is 2.72. The predicted molar refractivity (Wildman–Crippen MR) is 125 cm³/mol. The van der Waals surface area contributed by atoms with E-state index in [1.807, 2.05) is 0 Å².